The molecule has 1 aromatic heterocycles. The van der Waals surface area contributed by atoms with Crippen molar-refractivity contribution in [1.82, 2.24) is 0 Å². The number of rotatable bonds is 5. The lowest BCUT2D eigenvalue weighted by atomic mass is 9.89. The first-order chi connectivity index (χ1) is 20.3. The fourth-order valence-corrected chi connectivity index (χ4v) is 5.23. The molecule has 16 nitrogen and oxygen atoms in total. The molecule has 2 saturated heterocycles. The van der Waals surface area contributed by atoms with E-state index in [1.807, 2.05) is 0 Å². The van der Waals surface area contributed by atoms with E-state index < -0.39 is 124 Å². The van der Waals surface area contributed by atoms with Crippen LogP contribution in [0.1, 0.15) is 18.6 Å². The maximum absolute atomic E-state index is 13.3. The number of phenols is 4. The fraction of sp³-hybridized carbons (Fsp3) is 0.444. The smallest absolute Gasteiger partial charge is 0.238 e. The molecule has 0 amide bonds. The minimum Gasteiger partial charge on any atom is -0.507 e. The summed E-state index contributed by atoms with van der Waals surface area (Å²) in [6.07, 6.45) is -16.8. The van der Waals surface area contributed by atoms with Gasteiger partial charge >= 0.3 is 0 Å². The number of aliphatic hydroxyl groups excluding tert-OH is 6. The average Bonchev–Trinajstić information content (AvgIpc) is 2.96. The van der Waals surface area contributed by atoms with Crippen molar-refractivity contribution in [2.45, 2.75) is 68.1 Å². The number of aromatic hydroxyl groups is 5. The monoisotopic (exact) mass is 610 g/mol. The molecule has 11 N–H and O–H groups in total. The molecule has 3 aromatic rings. The molecule has 3 heterocycles. The Morgan fingerprint density at radius 2 is 1.49 bits per heavy atom. The van der Waals surface area contributed by atoms with Gasteiger partial charge in [0.15, 0.2) is 29.1 Å². The number of hydrogen-bond acceptors (Lipinski definition) is 16. The van der Waals surface area contributed by atoms with Gasteiger partial charge in [0.2, 0.25) is 11.2 Å². The van der Waals surface area contributed by atoms with E-state index in [9.17, 15) is 61.0 Å². The van der Waals surface area contributed by atoms with Gasteiger partial charge in [0.25, 0.3) is 0 Å². The van der Waals surface area contributed by atoms with Crippen LogP contribution in [0.5, 0.6) is 28.7 Å². The highest BCUT2D eigenvalue weighted by Gasteiger charge is 2.51. The Hall–Kier alpha value is -3.71. The lowest BCUT2D eigenvalue weighted by Crippen LogP contribution is -2.61. The van der Waals surface area contributed by atoms with Crippen molar-refractivity contribution in [3.8, 4) is 40.1 Å². The van der Waals surface area contributed by atoms with Crippen LogP contribution in [0, 0.1) is 0 Å². The van der Waals surface area contributed by atoms with Crippen molar-refractivity contribution in [3.63, 3.8) is 0 Å². The first-order valence-corrected chi connectivity index (χ1v) is 13.0. The van der Waals surface area contributed by atoms with E-state index in [-0.39, 0.29) is 5.56 Å². The molecular formula is C27H30O16. The molecule has 4 unspecified atom stereocenters. The lowest BCUT2D eigenvalue weighted by Gasteiger charge is -2.46. The summed E-state index contributed by atoms with van der Waals surface area (Å²) < 4.78 is 22.7. The van der Waals surface area contributed by atoms with Crippen LogP contribution in [0.15, 0.2) is 33.5 Å². The Bertz CT molecular complexity index is 1570. The molecule has 0 bridgehead atoms. The summed E-state index contributed by atoms with van der Waals surface area (Å²) in [5.41, 5.74) is -2.42. The third-order valence-corrected chi connectivity index (χ3v) is 7.63. The van der Waals surface area contributed by atoms with Crippen molar-refractivity contribution < 1.29 is 74.8 Å². The van der Waals surface area contributed by atoms with Gasteiger partial charge in [0, 0.05) is 11.6 Å². The van der Waals surface area contributed by atoms with Crippen molar-refractivity contribution in [3.05, 3.63) is 40.1 Å². The summed E-state index contributed by atoms with van der Waals surface area (Å²) in [6.45, 7) is 0.507. The summed E-state index contributed by atoms with van der Waals surface area (Å²) in [6, 6.07) is 3.87. The topological polar surface area (TPSA) is 280 Å². The minimum atomic E-state index is -1.94. The van der Waals surface area contributed by atoms with Gasteiger partial charge in [0.05, 0.1) is 18.3 Å². The summed E-state index contributed by atoms with van der Waals surface area (Å²) >= 11 is 0. The van der Waals surface area contributed by atoms with E-state index in [1.54, 1.807) is 0 Å². The quantitative estimate of drug-likeness (QED) is 0.144. The molecule has 2 aliphatic rings. The first-order valence-electron chi connectivity index (χ1n) is 13.0. The van der Waals surface area contributed by atoms with Crippen molar-refractivity contribution in [2.75, 3.05) is 6.61 Å². The van der Waals surface area contributed by atoms with Crippen LogP contribution in [0.2, 0.25) is 0 Å². The number of ether oxygens (including phenoxy) is 3. The Kier molecular flexibility index (Phi) is 8.16. The standard InChI is InChI=1S/C27H30O16/c1-7-16(33)19(36)22(39)27(40-7)43-26-20(37)17(34)13(6-28)41-25(26)15-12(32)5-11(31)14-18(35)21(38)23(42-24(14)15)8-2-3-9(29)10(30)4-8/h2-5,7,13,16-17,19-20,22,25-34,36-39H,6H2,1H3/t7?,13?,16-,17+,19?,20-,22-,25-,26?,27-/m0/s1. The van der Waals surface area contributed by atoms with Gasteiger partial charge in [-0.25, -0.2) is 0 Å². The highest BCUT2D eigenvalue weighted by atomic mass is 16.7. The van der Waals surface area contributed by atoms with Crippen LogP contribution in [0.4, 0.5) is 0 Å². The van der Waals surface area contributed by atoms with Gasteiger partial charge in [-0.15, -0.1) is 0 Å². The van der Waals surface area contributed by atoms with E-state index in [0.717, 1.165) is 12.1 Å². The predicted molar refractivity (Wildman–Crippen MR) is 140 cm³/mol. The summed E-state index contributed by atoms with van der Waals surface area (Å²) in [7, 11) is 0. The zero-order valence-corrected chi connectivity index (χ0v) is 22.3. The van der Waals surface area contributed by atoms with Crippen molar-refractivity contribution in [1.29, 1.82) is 0 Å². The Balaban J connectivity index is 1.71. The molecule has 0 spiro atoms. The van der Waals surface area contributed by atoms with Crippen molar-refractivity contribution >= 4 is 11.0 Å². The minimum absolute atomic E-state index is 0.123. The fourth-order valence-electron chi connectivity index (χ4n) is 5.23. The summed E-state index contributed by atoms with van der Waals surface area (Å²) in [5.74, 6) is -4.41. The molecule has 0 saturated carbocycles. The first kappa shape index (κ1) is 30.7. The van der Waals surface area contributed by atoms with Crippen LogP contribution in [-0.2, 0) is 14.2 Å². The van der Waals surface area contributed by atoms with Crippen LogP contribution in [0.25, 0.3) is 22.3 Å². The van der Waals surface area contributed by atoms with Gasteiger partial charge in [0.1, 0.15) is 65.7 Å². The maximum Gasteiger partial charge on any atom is 0.238 e. The lowest BCUT2D eigenvalue weighted by molar-refractivity contribution is -0.338. The number of fused-ring (bicyclic) bond motifs is 1. The third kappa shape index (κ3) is 5.12. The molecule has 0 radical (unpaired) electrons. The normalized spacial score (nSPS) is 33.1. The Labute approximate surface area is 241 Å². The van der Waals surface area contributed by atoms with E-state index in [1.165, 1.54) is 13.0 Å². The van der Waals surface area contributed by atoms with Gasteiger partial charge in [-0.1, -0.05) is 0 Å². The molecule has 43 heavy (non-hydrogen) atoms. The molecule has 2 fully saturated rings. The molecule has 234 valence electrons. The molecule has 5 rings (SSSR count). The summed E-state index contributed by atoms with van der Waals surface area (Å²) in [5, 5.41) is 113. The Morgan fingerprint density at radius 3 is 2.14 bits per heavy atom. The molecule has 0 aliphatic carbocycles. The Morgan fingerprint density at radius 1 is 0.791 bits per heavy atom. The van der Waals surface area contributed by atoms with Crippen LogP contribution < -0.4 is 5.43 Å². The van der Waals surface area contributed by atoms with Crippen LogP contribution in [-0.4, -0.2) is 118 Å². The van der Waals surface area contributed by atoms with Gasteiger partial charge in [-0.2, -0.15) is 0 Å². The number of hydrogen-bond donors (Lipinski definition) is 11. The molecule has 2 aromatic carbocycles. The van der Waals surface area contributed by atoms with E-state index in [0.29, 0.717) is 6.07 Å². The highest BCUT2D eigenvalue weighted by Crippen LogP contribution is 2.46. The average molecular weight is 611 g/mol. The SMILES string of the molecule is CC1O[C@@H](OC2[C@@H](O)[C@H](O)C(CO)O[C@H]2c2c(O)cc(O)c3c(=O)c(O)c(-c4ccc(O)c(O)c4)oc23)[C@@H](O)C(O)[C@H]1O. The largest absolute Gasteiger partial charge is 0.507 e. The maximum atomic E-state index is 13.3. The van der Waals surface area contributed by atoms with Gasteiger partial charge in [-0.05, 0) is 25.1 Å². The van der Waals surface area contributed by atoms with Gasteiger partial charge in [-0.3, -0.25) is 4.79 Å². The molecule has 10 atom stereocenters. The van der Waals surface area contributed by atoms with E-state index in [2.05, 4.69) is 0 Å². The number of aliphatic hydroxyl groups is 6. The van der Waals surface area contributed by atoms with E-state index >= 15 is 0 Å². The third-order valence-electron chi connectivity index (χ3n) is 7.63. The summed E-state index contributed by atoms with van der Waals surface area (Å²) in [4.78, 5) is 13.3. The van der Waals surface area contributed by atoms with Crippen molar-refractivity contribution in [2.24, 2.45) is 0 Å². The van der Waals surface area contributed by atoms with E-state index in [4.69, 9.17) is 18.6 Å². The number of phenolic OH excluding ortho intramolecular Hbond substituents is 4. The van der Waals surface area contributed by atoms with Crippen LogP contribution in [0.3, 0.4) is 0 Å². The second-order valence-electron chi connectivity index (χ2n) is 10.4. The molecule has 2 aliphatic heterocycles. The van der Waals surface area contributed by atoms with Crippen LogP contribution >= 0.6 is 0 Å². The van der Waals surface area contributed by atoms with Gasteiger partial charge < -0.3 is 74.8 Å². The molecule has 16 heteroatoms. The second-order valence-corrected chi connectivity index (χ2v) is 10.4. The molecular weight excluding hydrogens is 580 g/mol. The zero-order valence-electron chi connectivity index (χ0n) is 22.3. The number of benzene rings is 2. The highest BCUT2D eigenvalue weighted by molar-refractivity contribution is 5.91. The predicted octanol–water partition coefficient (Wildman–Crippen LogP) is -1.65. The zero-order chi connectivity index (χ0) is 31.5. The second kappa shape index (κ2) is 11.4.